The Kier molecular flexibility index (Phi) is 7.08. The Labute approximate surface area is 96.0 Å². The zero-order valence-electron chi connectivity index (χ0n) is 10.7. The summed E-state index contributed by atoms with van der Waals surface area (Å²) in [5.41, 5.74) is 0. The predicted molar refractivity (Wildman–Crippen MR) is 68.2 cm³/mol. The van der Waals surface area contributed by atoms with Gasteiger partial charge in [-0.2, -0.15) is 0 Å². The van der Waals surface area contributed by atoms with E-state index in [0.29, 0.717) is 0 Å². The predicted octanol–water partition coefficient (Wildman–Crippen LogP) is 4.13. The minimum absolute atomic E-state index is 0.838. The van der Waals surface area contributed by atoms with Gasteiger partial charge in [0.05, 0.1) is 0 Å². The summed E-state index contributed by atoms with van der Waals surface area (Å²) in [6.07, 6.45) is 12.8. The lowest BCUT2D eigenvalue weighted by Crippen LogP contribution is -2.35. The average Bonchev–Trinajstić information content (AvgIpc) is 2.29. The number of nitrogens with one attached hydrogen (secondary N) is 1. The Morgan fingerprint density at radius 1 is 1.20 bits per heavy atom. The second kappa shape index (κ2) is 8.15. The lowest BCUT2D eigenvalue weighted by Gasteiger charge is -2.27. The Bertz CT molecular complexity index is 138. The van der Waals surface area contributed by atoms with Gasteiger partial charge in [0.15, 0.2) is 0 Å². The first-order chi connectivity index (χ1) is 7.36. The van der Waals surface area contributed by atoms with Gasteiger partial charge in [0, 0.05) is 6.04 Å². The highest BCUT2D eigenvalue weighted by molar-refractivity contribution is 4.75. The maximum absolute atomic E-state index is 3.67. The van der Waals surface area contributed by atoms with Crippen LogP contribution in [0.3, 0.4) is 0 Å². The molecule has 15 heavy (non-hydrogen) atoms. The molecule has 1 rings (SSSR count). The summed E-state index contributed by atoms with van der Waals surface area (Å²) < 4.78 is 0. The molecule has 0 spiro atoms. The lowest BCUT2D eigenvalue weighted by molar-refractivity contribution is 0.306. The molecule has 0 radical (unpaired) electrons. The molecular weight excluding hydrogens is 182 g/mol. The molecule has 0 bridgehead atoms. The maximum atomic E-state index is 3.67. The normalized spacial score (nSPS) is 24.0. The van der Waals surface area contributed by atoms with Gasteiger partial charge >= 0.3 is 0 Å². The van der Waals surface area contributed by atoms with Crippen LogP contribution in [0.15, 0.2) is 0 Å². The van der Waals surface area contributed by atoms with Crippen LogP contribution >= 0.6 is 0 Å². The molecule has 1 saturated heterocycles. The van der Waals surface area contributed by atoms with Gasteiger partial charge in [-0.1, -0.05) is 52.4 Å². The highest BCUT2D eigenvalue weighted by atomic mass is 14.9. The van der Waals surface area contributed by atoms with E-state index in [1.54, 1.807) is 0 Å². The largest absolute Gasteiger partial charge is 0.314 e. The van der Waals surface area contributed by atoms with Crippen molar-refractivity contribution in [3.63, 3.8) is 0 Å². The highest BCUT2D eigenvalue weighted by Crippen LogP contribution is 2.22. The van der Waals surface area contributed by atoms with E-state index in [0.717, 1.165) is 12.0 Å². The summed E-state index contributed by atoms with van der Waals surface area (Å²) in [6.45, 7) is 5.92. The van der Waals surface area contributed by atoms with Crippen LogP contribution < -0.4 is 5.32 Å². The fourth-order valence-corrected chi connectivity index (χ4v) is 2.70. The standard InChI is InChI=1S/C14H29N/c1-3-5-6-9-13(4-2)12-14-10-7-8-11-15-14/h13-15H,3-12H2,1-2H3. The van der Waals surface area contributed by atoms with E-state index in [4.69, 9.17) is 0 Å². The van der Waals surface area contributed by atoms with Gasteiger partial charge in [0.2, 0.25) is 0 Å². The summed E-state index contributed by atoms with van der Waals surface area (Å²) in [4.78, 5) is 0. The molecule has 0 amide bonds. The maximum Gasteiger partial charge on any atom is 0.00697 e. The minimum atomic E-state index is 0.838. The van der Waals surface area contributed by atoms with E-state index in [1.165, 1.54) is 64.3 Å². The van der Waals surface area contributed by atoms with Gasteiger partial charge in [-0.05, 0) is 31.7 Å². The van der Waals surface area contributed by atoms with Crippen molar-refractivity contribution in [2.45, 2.75) is 77.7 Å². The van der Waals surface area contributed by atoms with Crippen molar-refractivity contribution in [1.29, 1.82) is 0 Å². The SMILES string of the molecule is CCCCCC(CC)CC1CCCCN1. The Morgan fingerprint density at radius 3 is 2.67 bits per heavy atom. The summed E-state index contributed by atoms with van der Waals surface area (Å²) in [6, 6.07) is 0.838. The van der Waals surface area contributed by atoms with Gasteiger partial charge in [-0.15, -0.1) is 0 Å². The highest BCUT2D eigenvalue weighted by Gasteiger charge is 2.16. The smallest absolute Gasteiger partial charge is 0.00697 e. The molecule has 1 nitrogen and oxygen atoms in total. The van der Waals surface area contributed by atoms with Crippen molar-refractivity contribution in [3.05, 3.63) is 0 Å². The van der Waals surface area contributed by atoms with Crippen LogP contribution in [0.25, 0.3) is 0 Å². The van der Waals surface area contributed by atoms with Crippen molar-refractivity contribution in [2.24, 2.45) is 5.92 Å². The first-order valence-electron chi connectivity index (χ1n) is 7.10. The van der Waals surface area contributed by atoms with Crippen molar-refractivity contribution in [3.8, 4) is 0 Å². The van der Waals surface area contributed by atoms with E-state index in [1.807, 2.05) is 0 Å². The molecule has 1 N–H and O–H groups in total. The van der Waals surface area contributed by atoms with Crippen LogP contribution in [-0.2, 0) is 0 Å². The number of hydrogen-bond acceptors (Lipinski definition) is 1. The average molecular weight is 211 g/mol. The molecule has 0 aliphatic carbocycles. The number of hydrogen-bond donors (Lipinski definition) is 1. The van der Waals surface area contributed by atoms with Crippen LogP contribution in [0.1, 0.15) is 71.6 Å². The van der Waals surface area contributed by atoms with Crippen LogP contribution in [-0.4, -0.2) is 12.6 Å². The molecule has 1 aliphatic rings. The second-order valence-corrected chi connectivity index (χ2v) is 5.15. The summed E-state index contributed by atoms with van der Waals surface area (Å²) in [5.74, 6) is 0.979. The lowest BCUT2D eigenvalue weighted by atomic mass is 9.88. The summed E-state index contributed by atoms with van der Waals surface area (Å²) in [5, 5.41) is 3.67. The molecule has 0 saturated carbocycles. The quantitative estimate of drug-likeness (QED) is 0.624. The number of unbranched alkanes of at least 4 members (excludes halogenated alkanes) is 2. The van der Waals surface area contributed by atoms with Gasteiger partial charge in [0.25, 0.3) is 0 Å². The molecule has 0 aromatic carbocycles. The molecule has 1 heterocycles. The number of piperidine rings is 1. The fourth-order valence-electron chi connectivity index (χ4n) is 2.70. The van der Waals surface area contributed by atoms with E-state index < -0.39 is 0 Å². The molecule has 2 atom stereocenters. The molecule has 1 aliphatic heterocycles. The van der Waals surface area contributed by atoms with Gasteiger partial charge in [0.1, 0.15) is 0 Å². The van der Waals surface area contributed by atoms with Crippen molar-refractivity contribution in [2.75, 3.05) is 6.54 Å². The Morgan fingerprint density at radius 2 is 2.07 bits per heavy atom. The third-order valence-corrected chi connectivity index (χ3v) is 3.82. The molecule has 2 unspecified atom stereocenters. The fraction of sp³-hybridized carbons (Fsp3) is 1.00. The van der Waals surface area contributed by atoms with Crippen molar-refractivity contribution < 1.29 is 0 Å². The topological polar surface area (TPSA) is 12.0 Å². The van der Waals surface area contributed by atoms with Crippen LogP contribution in [0.2, 0.25) is 0 Å². The van der Waals surface area contributed by atoms with Gasteiger partial charge in [-0.3, -0.25) is 0 Å². The Hall–Kier alpha value is -0.0400. The van der Waals surface area contributed by atoms with Crippen LogP contribution in [0.5, 0.6) is 0 Å². The molecule has 1 fully saturated rings. The third kappa shape index (κ3) is 5.55. The molecule has 1 heteroatoms. The van der Waals surface area contributed by atoms with Crippen LogP contribution in [0.4, 0.5) is 0 Å². The zero-order chi connectivity index (χ0) is 10.9. The zero-order valence-corrected chi connectivity index (χ0v) is 10.7. The van der Waals surface area contributed by atoms with E-state index >= 15 is 0 Å². The minimum Gasteiger partial charge on any atom is -0.314 e. The van der Waals surface area contributed by atoms with E-state index in [2.05, 4.69) is 19.2 Å². The number of rotatable bonds is 7. The second-order valence-electron chi connectivity index (χ2n) is 5.15. The summed E-state index contributed by atoms with van der Waals surface area (Å²) >= 11 is 0. The first kappa shape index (κ1) is 13.0. The van der Waals surface area contributed by atoms with Crippen molar-refractivity contribution >= 4 is 0 Å². The summed E-state index contributed by atoms with van der Waals surface area (Å²) in [7, 11) is 0. The Balaban J connectivity index is 2.13. The molecule has 90 valence electrons. The third-order valence-electron chi connectivity index (χ3n) is 3.82. The van der Waals surface area contributed by atoms with Crippen molar-refractivity contribution in [1.82, 2.24) is 5.32 Å². The molecular formula is C14H29N. The molecule has 0 aromatic rings. The van der Waals surface area contributed by atoms with Crippen LogP contribution in [0, 0.1) is 5.92 Å². The van der Waals surface area contributed by atoms with E-state index in [9.17, 15) is 0 Å². The van der Waals surface area contributed by atoms with Gasteiger partial charge in [-0.25, -0.2) is 0 Å². The monoisotopic (exact) mass is 211 g/mol. The van der Waals surface area contributed by atoms with E-state index in [-0.39, 0.29) is 0 Å². The molecule has 0 aromatic heterocycles. The first-order valence-corrected chi connectivity index (χ1v) is 7.10. The van der Waals surface area contributed by atoms with Gasteiger partial charge < -0.3 is 5.32 Å².